The minimum atomic E-state index is -0.480. The molecule has 4 amide bonds. The number of H-pyrrole nitrogens is 1. The highest BCUT2D eigenvalue weighted by molar-refractivity contribution is 5.98. The third kappa shape index (κ3) is 13.6. The topological polar surface area (TPSA) is 292 Å². The fourth-order valence-corrected chi connectivity index (χ4v) is 6.78. The van der Waals surface area contributed by atoms with Crippen LogP contribution in [0.15, 0.2) is 140 Å². The molecule has 2 atom stereocenters. The van der Waals surface area contributed by atoms with Crippen LogP contribution in [0.3, 0.4) is 0 Å². The maximum atomic E-state index is 13.1. The Bertz CT molecular complexity index is 3290. The van der Waals surface area contributed by atoms with Gasteiger partial charge in [0.05, 0.1) is 24.0 Å². The molecule has 24 heteroatoms. The van der Waals surface area contributed by atoms with Gasteiger partial charge in [0.2, 0.25) is 11.6 Å². The van der Waals surface area contributed by atoms with Crippen LogP contribution in [-0.4, -0.2) is 94.4 Å². The van der Waals surface area contributed by atoms with Gasteiger partial charge in [0.1, 0.15) is 53.6 Å². The quantitative estimate of drug-likeness (QED) is 0.0873. The van der Waals surface area contributed by atoms with E-state index in [0.717, 1.165) is 46.0 Å². The Kier molecular flexibility index (Phi) is 15.9. The lowest BCUT2D eigenvalue weighted by Crippen LogP contribution is -2.29. The fourth-order valence-electron chi connectivity index (χ4n) is 6.78. The number of benzene rings is 4. The van der Waals surface area contributed by atoms with E-state index in [0.29, 0.717) is 23.9 Å². The molecular formula is C49H42F2N18O4. The summed E-state index contributed by atoms with van der Waals surface area (Å²) in [5.41, 5.74) is 5.64. The van der Waals surface area contributed by atoms with Crippen LogP contribution >= 0.6 is 0 Å². The third-order valence-corrected chi connectivity index (χ3v) is 10.7. The third-order valence-electron chi connectivity index (χ3n) is 10.7. The Hall–Kier alpha value is -10.0. The monoisotopic (exact) mass is 984 g/mol. The molecule has 9 aromatic rings. The zero-order chi connectivity index (χ0) is 51.1. The van der Waals surface area contributed by atoms with Crippen molar-refractivity contribution in [1.29, 1.82) is 0 Å². The first-order valence-corrected chi connectivity index (χ1v) is 22.2. The van der Waals surface area contributed by atoms with E-state index in [2.05, 4.69) is 87.2 Å². The van der Waals surface area contributed by atoms with Gasteiger partial charge in [-0.15, -0.1) is 20.4 Å². The van der Waals surface area contributed by atoms with Crippen molar-refractivity contribution < 1.29 is 28.0 Å². The molecule has 0 spiro atoms. The smallest absolute Gasteiger partial charge is 0.270 e. The summed E-state index contributed by atoms with van der Waals surface area (Å²) in [6.45, 7) is 4.40. The van der Waals surface area contributed by atoms with E-state index in [-0.39, 0.29) is 59.6 Å². The van der Waals surface area contributed by atoms with Gasteiger partial charge in [0, 0.05) is 48.7 Å². The maximum Gasteiger partial charge on any atom is 0.270 e. The Morgan fingerprint density at radius 2 is 1.05 bits per heavy atom. The fraction of sp³-hybridized carbons (Fsp3) is 0.143. The molecule has 0 aliphatic carbocycles. The summed E-state index contributed by atoms with van der Waals surface area (Å²) in [4.78, 5) is 76.0. The molecule has 5 N–H and O–H groups in total. The molecule has 73 heavy (non-hydrogen) atoms. The molecule has 0 aliphatic rings. The number of carbonyl (C=O) groups is 4. The van der Waals surface area contributed by atoms with Gasteiger partial charge in [-0.2, -0.15) is 10.0 Å². The van der Waals surface area contributed by atoms with Gasteiger partial charge in [-0.05, 0) is 70.8 Å². The van der Waals surface area contributed by atoms with Crippen molar-refractivity contribution in [2.24, 2.45) is 0 Å². The Morgan fingerprint density at radius 3 is 1.51 bits per heavy atom. The maximum absolute atomic E-state index is 13.1. The second-order valence-corrected chi connectivity index (χ2v) is 15.9. The van der Waals surface area contributed by atoms with E-state index in [1.807, 2.05) is 62.4 Å². The van der Waals surface area contributed by atoms with Gasteiger partial charge in [-0.25, -0.2) is 28.7 Å². The van der Waals surface area contributed by atoms with Crippen LogP contribution in [0.2, 0.25) is 0 Å². The Morgan fingerprint density at radius 1 is 0.575 bits per heavy atom. The summed E-state index contributed by atoms with van der Waals surface area (Å²) in [6, 6.07) is 28.3. The number of hydrogen-bond acceptors (Lipinski definition) is 16. The molecule has 0 saturated carbocycles. The van der Waals surface area contributed by atoms with E-state index >= 15 is 0 Å². The van der Waals surface area contributed by atoms with Crippen molar-refractivity contribution in [1.82, 2.24) is 92.0 Å². The largest absolute Gasteiger partial charge is 0.347 e. The second-order valence-electron chi connectivity index (χ2n) is 15.9. The first-order valence-electron chi connectivity index (χ1n) is 22.2. The number of halogens is 2. The standard InChI is InChI=1S/C27H23FN10O2.C22H19FN8O2/c1-17(19-4-6-20(7-5-19)25-35-37-38(36-25)15-22-14-29-10-11-30-22)34-27(40)24-12-23(32-16-33-24)26(39)31-13-18-2-8-21(28)9-3-18;1-13(15-4-6-16(7-5-15)20-28-30-31-29-20)27-22(33)19-10-18(25-12-26-19)21(32)24-11-14-2-8-17(23)9-3-14/h2-12,14,16-17H,13,15H2,1H3,(H,31,39)(H,34,40);2-10,12-13H,11H2,1H3,(H,24,32)(H,27,33)(H,28,29,30,31)/t17-;13-/m00/s1. The molecule has 22 nitrogen and oxygen atoms in total. The van der Waals surface area contributed by atoms with Crippen LogP contribution in [0, 0.1) is 11.6 Å². The number of nitrogens with zero attached hydrogens (tertiary/aromatic N) is 13. The van der Waals surface area contributed by atoms with E-state index in [1.54, 1.807) is 42.9 Å². The molecule has 0 bridgehead atoms. The summed E-state index contributed by atoms with van der Waals surface area (Å²) in [5, 5.41) is 37.4. The number of nitrogens with one attached hydrogen (secondary N) is 5. The SMILES string of the molecule is C[C@H](NC(=O)c1cc(C(=O)NCc2ccc(F)cc2)ncn1)c1ccc(-c2nn[nH]n2)cc1.C[C@H](NC(=O)c1cc(C(=O)NCc2ccc(F)cc2)ncn1)c1ccc(-c2nnn(Cc3cnccn3)n2)cc1. The highest BCUT2D eigenvalue weighted by atomic mass is 19.1. The summed E-state index contributed by atoms with van der Waals surface area (Å²) >= 11 is 0. The lowest BCUT2D eigenvalue weighted by molar-refractivity contribution is 0.0921. The molecule has 0 fully saturated rings. The summed E-state index contributed by atoms with van der Waals surface area (Å²) in [5.74, 6) is -1.63. The molecule has 0 radical (unpaired) electrons. The molecule has 4 aromatic carbocycles. The van der Waals surface area contributed by atoms with Gasteiger partial charge >= 0.3 is 0 Å². The highest BCUT2D eigenvalue weighted by Gasteiger charge is 2.19. The van der Waals surface area contributed by atoms with Gasteiger partial charge in [-0.1, -0.05) is 72.8 Å². The minimum Gasteiger partial charge on any atom is -0.347 e. The number of tetrazole rings is 2. The zero-order valence-electron chi connectivity index (χ0n) is 38.8. The van der Waals surface area contributed by atoms with Crippen molar-refractivity contribution in [3.63, 3.8) is 0 Å². The molecule has 0 unspecified atom stereocenters. The zero-order valence-corrected chi connectivity index (χ0v) is 38.8. The average molecular weight is 985 g/mol. The van der Waals surface area contributed by atoms with Crippen molar-refractivity contribution in [2.45, 2.75) is 45.6 Å². The van der Waals surface area contributed by atoms with Crippen molar-refractivity contribution in [3.8, 4) is 22.8 Å². The van der Waals surface area contributed by atoms with E-state index in [1.165, 1.54) is 41.2 Å². The van der Waals surface area contributed by atoms with Crippen LogP contribution in [-0.2, 0) is 19.6 Å². The predicted molar refractivity (Wildman–Crippen MR) is 255 cm³/mol. The van der Waals surface area contributed by atoms with Crippen LogP contribution < -0.4 is 21.3 Å². The number of aromatic nitrogens is 14. The first kappa shape index (κ1) is 49.4. The van der Waals surface area contributed by atoms with Crippen molar-refractivity contribution >= 4 is 23.6 Å². The number of carbonyl (C=O) groups excluding carboxylic acids is 4. The van der Waals surface area contributed by atoms with Gasteiger partial charge < -0.3 is 21.3 Å². The Labute approximate surface area is 413 Å². The highest BCUT2D eigenvalue weighted by Crippen LogP contribution is 2.21. The molecule has 5 aromatic heterocycles. The van der Waals surface area contributed by atoms with E-state index in [9.17, 15) is 28.0 Å². The number of hydrogen-bond donors (Lipinski definition) is 5. The lowest BCUT2D eigenvalue weighted by Gasteiger charge is -2.14. The normalized spacial score (nSPS) is 11.6. The number of aromatic amines is 1. The van der Waals surface area contributed by atoms with Crippen molar-refractivity contribution in [2.75, 3.05) is 0 Å². The molecule has 9 rings (SSSR count). The molecule has 5 heterocycles. The molecule has 0 saturated heterocycles. The summed E-state index contributed by atoms with van der Waals surface area (Å²) in [7, 11) is 0. The van der Waals surface area contributed by atoms with Gasteiger partial charge in [0.15, 0.2) is 0 Å². The molecule has 366 valence electrons. The average Bonchev–Trinajstić information content (AvgIpc) is 4.15. The Balaban J connectivity index is 0.000000199. The molecule has 0 aliphatic heterocycles. The molecular weight excluding hydrogens is 943 g/mol. The van der Waals surface area contributed by atoms with Crippen LogP contribution in [0.1, 0.15) is 95.8 Å². The predicted octanol–water partition coefficient (Wildman–Crippen LogP) is 4.75. The van der Waals surface area contributed by atoms with Crippen LogP contribution in [0.4, 0.5) is 8.78 Å². The van der Waals surface area contributed by atoms with E-state index in [4.69, 9.17) is 0 Å². The lowest BCUT2D eigenvalue weighted by atomic mass is 10.1. The minimum absolute atomic E-state index is 0.0409. The number of amides is 4. The van der Waals surface area contributed by atoms with Crippen LogP contribution in [0.5, 0.6) is 0 Å². The van der Waals surface area contributed by atoms with E-state index < -0.39 is 23.6 Å². The second kappa shape index (κ2) is 23.5. The number of rotatable bonds is 16. The summed E-state index contributed by atoms with van der Waals surface area (Å²) in [6.07, 6.45) is 7.15. The van der Waals surface area contributed by atoms with Gasteiger partial charge in [0.25, 0.3) is 23.6 Å². The first-order chi connectivity index (χ1) is 35.4. The summed E-state index contributed by atoms with van der Waals surface area (Å²) < 4.78 is 26.1. The van der Waals surface area contributed by atoms with Crippen LogP contribution in [0.25, 0.3) is 22.8 Å². The van der Waals surface area contributed by atoms with Crippen molar-refractivity contribution in [3.05, 3.63) is 203 Å². The van der Waals surface area contributed by atoms with Gasteiger partial charge in [-0.3, -0.25) is 29.1 Å².